The van der Waals surface area contributed by atoms with E-state index in [0.717, 1.165) is 28.8 Å². The monoisotopic (exact) mass is 301 g/mol. The Kier molecular flexibility index (Phi) is 3.89. The van der Waals surface area contributed by atoms with Crippen LogP contribution in [0.15, 0.2) is 29.2 Å². The number of hydrogen-bond donors (Lipinski definition) is 0. The Morgan fingerprint density at radius 3 is 2.55 bits per heavy atom. The molecule has 106 valence electrons. The van der Waals surface area contributed by atoms with Crippen molar-refractivity contribution in [3.63, 3.8) is 0 Å². The molecule has 0 aliphatic carbocycles. The number of halogens is 3. The van der Waals surface area contributed by atoms with Crippen LogP contribution in [0, 0.1) is 0 Å². The highest BCUT2D eigenvalue weighted by Crippen LogP contribution is 2.33. The van der Waals surface area contributed by atoms with E-state index in [2.05, 4.69) is 0 Å². The zero-order chi connectivity index (χ0) is 14.9. The minimum Gasteiger partial charge on any atom is -0.269 e. The maximum atomic E-state index is 12.6. The van der Waals surface area contributed by atoms with Gasteiger partial charge in [-0.1, -0.05) is 12.1 Å². The standard InChI is InChI=1S/C13H10F3NO2S/c1-2-17-11(18)10(20-12(17)19)7-8-4-3-5-9(6-8)13(14,15)16/h3-7H,2H2,1H3/b10-7-. The number of hydrogen-bond acceptors (Lipinski definition) is 3. The van der Waals surface area contributed by atoms with Crippen LogP contribution in [0.25, 0.3) is 6.08 Å². The van der Waals surface area contributed by atoms with Crippen molar-refractivity contribution < 1.29 is 22.8 Å². The van der Waals surface area contributed by atoms with Crippen molar-refractivity contribution in [3.8, 4) is 0 Å². The molecular formula is C13H10F3NO2S. The van der Waals surface area contributed by atoms with Gasteiger partial charge in [0, 0.05) is 6.54 Å². The lowest BCUT2D eigenvalue weighted by Crippen LogP contribution is -2.27. The molecule has 3 nitrogen and oxygen atoms in total. The highest BCUT2D eigenvalue weighted by Gasteiger charge is 2.34. The fourth-order valence-corrected chi connectivity index (χ4v) is 2.63. The van der Waals surface area contributed by atoms with Gasteiger partial charge in [-0.3, -0.25) is 14.5 Å². The molecule has 1 heterocycles. The zero-order valence-electron chi connectivity index (χ0n) is 10.4. The summed E-state index contributed by atoms with van der Waals surface area (Å²) in [6.07, 6.45) is -3.14. The van der Waals surface area contributed by atoms with Crippen molar-refractivity contribution in [1.29, 1.82) is 0 Å². The molecule has 0 atom stereocenters. The summed E-state index contributed by atoms with van der Waals surface area (Å²) < 4.78 is 37.7. The van der Waals surface area contributed by atoms with Crippen LogP contribution < -0.4 is 0 Å². The molecule has 0 bridgehead atoms. The van der Waals surface area contributed by atoms with Gasteiger partial charge in [-0.15, -0.1) is 0 Å². The second-order valence-electron chi connectivity index (χ2n) is 4.05. The minimum absolute atomic E-state index is 0.135. The Morgan fingerprint density at radius 1 is 1.30 bits per heavy atom. The Bertz CT molecular complexity index is 596. The third-order valence-electron chi connectivity index (χ3n) is 2.70. The molecule has 2 amide bonds. The number of benzene rings is 1. The third kappa shape index (κ3) is 2.87. The second kappa shape index (κ2) is 5.32. The number of alkyl halides is 3. The summed E-state index contributed by atoms with van der Waals surface area (Å²) in [5, 5.41) is -0.407. The zero-order valence-corrected chi connectivity index (χ0v) is 11.2. The lowest BCUT2D eigenvalue weighted by molar-refractivity contribution is -0.137. The van der Waals surface area contributed by atoms with Gasteiger partial charge in [0.05, 0.1) is 10.5 Å². The van der Waals surface area contributed by atoms with Gasteiger partial charge in [-0.05, 0) is 42.5 Å². The molecule has 0 aromatic heterocycles. The predicted octanol–water partition coefficient (Wildman–Crippen LogP) is 3.76. The molecule has 0 saturated carbocycles. The largest absolute Gasteiger partial charge is 0.416 e. The van der Waals surface area contributed by atoms with Crippen molar-refractivity contribution in [2.24, 2.45) is 0 Å². The van der Waals surface area contributed by atoms with Gasteiger partial charge in [0.15, 0.2) is 0 Å². The van der Waals surface area contributed by atoms with Gasteiger partial charge in [0.1, 0.15) is 0 Å². The van der Waals surface area contributed by atoms with Crippen LogP contribution in [0.5, 0.6) is 0 Å². The number of likely N-dealkylation sites (N-methyl/N-ethyl adjacent to an activating group) is 1. The first-order valence-electron chi connectivity index (χ1n) is 5.75. The number of thioether (sulfide) groups is 1. The van der Waals surface area contributed by atoms with Crippen LogP contribution in [0.3, 0.4) is 0 Å². The Labute approximate surface area is 117 Å². The summed E-state index contributed by atoms with van der Waals surface area (Å²) >= 11 is 0.732. The number of rotatable bonds is 2. The molecule has 1 aromatic rings. The third-order valence-corrected chi connectivity index (χ3v) is 3.61. The maximum Gasteiger partial charge on any atom is 0.416 e. The van der Waals surface area contributed by atoms with Gasteiger partial charge in [-0.25, -0.2) is 0 Å². The molecule has 1 aliphatic heterocycles. The maximum absolute atomic E-state index is 12.6. The normalized spacial score (nSPS) is 18.2. The number of amides is 2. The molecule has 0 spiro atoms. The quantitative estimate of drug-likeness (QED) is 0.781. The van der Waals surface area contributed by atoms with Gasteiger partial charge < -0.3 is 0 Å². The van der Waals surface area contributed by atoms with Gasteiger partial charge in [0.2, 0.25) is 0 Å². The Balaban J connectivity index is 2.33. The summed E-state index contributed by atoms with van der Waals surface area (Å²) in [4.78, 5) is 24.5. The van der Waals surface area contributed by atoms with E-state index in [1.54, 1.807) is 6.92 Å². The lowest BCUT2D eigenvalue weighted by atomic mass is 10.1. The molecule has 2 rings (SSSR count). The molecular weight excluding hydrogens is 291 g/mol. The Morgan fingerprint density at radius 2 is 2.00 bits per heavy atom. The van der Waals surface area contributed by atoms with Crippen LogP contribution in [0.4, 0.5) is 18.0 Å². The van der Waals surface area contributed by atoms with Crippen molar-refractivity contribution in [3.05, 3.63) is 40.3 Å². The molecule has 1 fully saturated rings. The van der Waals surface area contributed by atoms with Crippen LogP contribution in [-0.2, 0) is 11.0 Å². The molecule has 20 heavy (non-hydrogen) atoms. The highest BCUT2D eigenvalue weighted by atomic mass is 32.2. The van der Waals surface area contributed by atoms with E-state index in [0.29, 0.717) is 0 Å². The van der Waals surface area contributed by atoms with Crippen LogP contribution in [0.1, 0.15) is 18.1 Å². The van der Waals surface area contributed by atoms with Crippen molar-refractivity contribution in [1.82, 2.24) is 4.90 Å². The number of imide groups is 1. The van der Waals surface area contributed by atoms with Crippen molar-refractivity contribution in [2.75, 3.05) is 6.54 Å². The first-order valence-corrected chi connectivity index (χ1v) is 6.57. The summed E-state index contributed by atoms with van der Waals surface area (Å²) in [6, 6.07) is 4.61. The summed E-state index contributed by atoms with van der Waals surface area (Å²) in [7, 11) is 0. The second-order valence-corrected chi connectivity index (χ2v) is 5.04. The van der Waals surface area contributed by atoms with Gasteiger partial charge in [-0.2, -0.15) is 13.2 Å². The van der Waals surface area contributed by atoms with E-state index in [1.165, 1.54) is 18.2 Å². The number of nitrogens with zero attached hydrogens (tertiary/aromatic N) is 1. The van der Waals surface area contributed by atoms with Crippen molar-refractivity contribution in [2.45, 2.75) is 13.1 Å². The van der Waals surface area contributed by atoms with Crippen molar-refractivity contribution >= 4 is 29.0 Å². The summed E-state index contributed by atoms with van der Waals surface area (Å²) in [5.41, 5.74) is -0.553. The summed E-state index contributed by atoms with van der Waals surface area (Å²) in [6.45, 7) is 1.90. The molecule has 7 heteroatoms. The lowest BCUT2D eigenvalue weighted by Gasteiger charge is -2.08. The molecule has 0 unspecified atom stereocenters. The van der Waals surface area contributed by atoms with E-state index >= 15 is 0 Å². The van der Waals surface area contributed by atoms with E-state index < -0.39 is 22.9 Å². The van der Waals surface area contributed by atoms with Crippen LogP contribution in [0.2, 0.25) is 0 Å². The van der Waals surface area contributed by atoms with E-state index in [9.17, 15) is 22.8 Å². The molecule has 1 aromatic carbocycles. The highest BCUT2D eigenvalue weighted by molar-refractivity contribution is 8.18. The average Bonchev–Trinajstić information content (AvgIpc) is 2.63. The van der Waals surface area contributed by atoms with E-state index in [-0.39, 0.29) is 17.0 Å². The van der Waals surface area contributed by atoms with Gasteiger partial charge >= 0.3 is 6.18 Å². The van der Waals surface area contributed by atoms with Gasteiger partial charge in [0.25, 0.3) is 11.1 Å². The number of carbonyl (C=O) groups excluding carboxylic acids is 2. The molecule has 1 saturated heterocycles. The SMILES string of the molecule is CCN1C(=O)S/C(=C\c2cccc(C(F)(F)F)c2)C1=O. The topological polar surface area (TPSA) is 37.4 Å². The van der Waals surface area contributed by atoms with Crippen LogP contribution >= 0.6 is 11.8 Å². The van der Waals surface area contributed by atoms with Crippen LogP contribution in [-0.4, -0.2) is 22.6 Å². The first kappa shape index (κ1) is 14.6. The predicted molar refractivity (Wildman–Crippen MR) is 69.8 cm³/mol. The summed E-state index contributed by atoms with van der Waals surface area (Å²) in [5.74, 6) is -0.472. The minimum atomic E-state index is -4.44. The molecule has 1 aliphatic rings. The Hall–Kier alpha value is -1.76. The van der Waals surface area contributed by atoms with E-state index in [1.807, 2.05) is 0 Å². The van der Waals surface area contributed by atoms with E-state index in [4.69, 9.17) is 0 Å². The smallest absolute Gasteiger partial charge is 0.269 e. The first-order chi connectivity index (χ1) is 9.32. The average molecular weight is 301 g/mol. The number of carbonyl (C=O) groups is 2. The molecule has 0 N–H and O–H groups in total. The fourth-order valence-electron chi connectivity index (χ4n) is 1.73. The molecule has 0 radical (unpaired) electrons. The fraction of sp³-hybridized carbons (Fsp3) is 0.231.